The van der Waals surface area contributed by atoms with E-state index < -0.39 is 10.2 Å². The van der Waals surface area contributed by atoms with Gasteiger partial charge in [0.15, 0.2) is 0 Å². The summed E-state index contributed by atoms with van der Waals surface area (Å²) in [4.78, 5) is 0. The summed E-state index contributed by atoms with van der Waals surface area (Å²) in [6.07, 6.45) is 1.64. The molecule has 0 radical (unpaired) electrons. The van der Waals surface area contributed by atoms with Crippen LogP contribution in [0.25, 0.3) is 0 Å². The van der Waals surface area contributed by atoms with Crippen LogP contribution in [0, 0.1) is 0 Å². The van der Waals surface area contributed by atoms with Crippen molar-refractivity contribution in [1.82, 2.24) is 8.61 Å². The fourth-order valence-corrected chi connectivity index (χ4v) is 4.53. The first-order valence-electron chi connectivity index (χ1n) is 6.56. The van der Waals surface area contributed by atoms with E-state index in [9.17, 15) is 8.42 Å². The molecule has 2 N–H and O–H groups in total. The molecular formula is C11H23N3O3S. The van der Waals surface area contributed by atoms with E-state index in [1.807, 2.05) is 13.8 Å². The van der Waals surface area contributed by atoms with Gasteiger partial charge in [-0.15, -0.1) is 0 Å². The van der Waals surface area contributed by atoms with Crippen LogP contribution in [0.2, 0.25) is 0 Å². The van der Waals surface area contributed by atoms with Gasteiger partial charge in [-0.2, -0.15) is 17.0 Å². The van der Waals surface area contributed by atoms with Crippen LogP contribution in [-0.2, 0) is 14.9 Å². The van der Waals surface area contributed by atoms with Crippen molar-refractivity contribution >= 4 is 10.2 Å². The molecule has 0 aliphatic carbocycles. The van der Waals surface area contributed by atoms with E-state index in [1.54, 1.807) is 0 Å². The van der Waals surface area contributed by atoms with E-state index in [-0.39, 0.29) is 18.2 Å². The van der Waals surface area contributed by atoms with E-state index in [0.29, 0.717) is 26.2 Å². The number of ether oxygens (including phenoxy) is 1. The van der Waals surface area contributed by atoms with Crippen LogP contribution in [0.4, 0.5) is 0 Å². The largest absolute Gasteiger partial charge is 0.373 e. The predicted octanol–water partition coefficient (Wildman–Crippen LogP) is -0.236. The summed E-state index contributed by atoms with van der Waals surface area (Å²) in [5, 5.41) is 0. The van der Waals surface area contributed by atoms with Crippen molar-refractivity contribution in [3.8, 4) is 0 Å². The Morgan fingerprint density at radius 2 is 1.72 bits per heavy atom. The lowest BCUT2D eigenvalue weighted by molar-refractivity contribution is -0.0456. The molecule has 0 saturated carbocycles. The average molecular weight is 277 g/mol. The van der Waals surface area contributed by atoms with Gasteiger partial charge in [-0.05, 0) is 26.7 Å². The zero-order chi connectivity index (χ0) is 13.3. The molecule has 0 aromatic rings. The minimum absolute atomic E-state index is 0.0376. The molecule has 6 nitrogen and oxygen atoms in total. The molecule has 18 heavy (non-hydrogen) atoms. The highest BCUT2D eigenvalue weighted by atomic mass is 32.2. The zero-order valence-corrected chi connectivity index (χ0v) is 11.9. The fraction of sp³-hybridized carbons (Fsp3) is 1.00. The highest BCUT2D eigenvalue weighted by Gasteiger charge is 2.36. The van der Waals surface area contributed by atoms with Crippen molar-refractivity contribution in [3.05, 3.63) is 0 Å². The molecular weight excluding hydrogens is 254 g/mol. The molecule has 2 saturated heterocycles. The monoisotopic (exact) mass is 277 g/mol. The van der Waals surface area contributed by atoms with E-state index in [2.05, 4.69) is 0 Å². The third-order valence-corrected chi connectivity index (χ3v) is 5.39. The number of nitrogens with zero attached hydrogens (tertiary/aromatic N) is 2. The van der Waals surface area contributed by atoms with Gasteiger partial charge in [0.2, 0.25) is 0 Å². The average Bonchev–Trinajstić information content (AvgIpc) is 2.27. The molecule has 2 fully saturated rings. The standard InChI is InChI=1S/C11H23N3O3S/c1-9-6-14(7-10(2)17-9)18(15,16)13-5-3-4-11(12)8-13/h9-11H,3-8,12H2,1-2H3. The van der Waals surface area contributed by atoms with E-state index in [0.717, 1.165) is 12.8 Å². The Labute approximate surface area is 109 Å². The van der Waals surface area contributed by atoms with E-state index >= 15 is 0 Å². The first-order chi connectivity index (χ1) is 8.39. The maximum Gasteiger partial charge on any atom is 0.282 e. The highest BCUT2D eigenvalue weighted by molar-refractivity contribution is 7.86. The molecule has 106 valence electrons. The maximum absolute atomic E-state index is 12.5. The molecule has 2 aliphatic rings. The van der Waals surface area contributed by atoms with Gasteiger partial charge >= 0.3 is 0 Å². The van der Waals surface area contributed by atoms with E-state index in [4.69, 9.17) is 10.5 Å². The second-order valence-electron chi connectivity index (χ2n) is 5.34. The van der Waals surface area contributed by atoms with Gasteiger partial charge in [-0.1, -0.05) is 0 Å². The summed E-state index contributed by atoms with van der Waals surface area (Å²) in [6.45, 7) is 5.68. The second-order valence-corrected chi connectivity index (χ2v) is 7.27. The second kappa shape index (κ2) is 5.42. The van der Waals surface area contributed by atoms with Crippen molar-refractivity contribution in [1.29, 1.82) is 0 Å². The molecule has 3 unspecified atom stereocenters. The number of piperidine rings is 1. The number of nitrogens with two attached hydrogens (primary N) is 1. The summed E-state index contributed by atoms with van der Waals surface area (Å²) in [5.74, 6) is 0. The summed E-state index contributed by atoms with van der Waals surface area (Å²) in [5.41, 5.74) is 5.86. The van der Waals surface area contributed by atoms with Gasteiger partial charge in [-0.25, -0.2) is 0 Å². The molecule has 0 spiro atoms. The molecule has 0 aromatic heterocycles. The molecule has 2 rings (SSSR count). The van der Waals surface area contributed by atoms with Crippen molar-refractivity contribution in [3.63, 3.8) is 0 Å². The van der Waals surface area contributed by atoms with Crippen molar-refractivity contribution < 1.29 is 13.2 Å². The third-order valence-electron chi connectivity index (χ3n) is 3.46. The van der Waals surface area contributed by atoms with Crippen molar-refractivity contribution in [2.45, 2.75) is 44.9 Å². The Morgan fingerprint density at radius 1 is 1.11 bits per heavy atom. The molecule has 2 heterocycles. The lowest BCUT2D eigenvalue weighted by Crippen LogP contribution is -2.56. The third kappa shape index (κ3) is 3.03. The summed E-state index contributed by atoms with van der Waals surface area (Å²) in [6, 6.07) is -0.0376. The number of morpholine rings is 1. The first-order valence-corrected chi connectivity index (χ1v) is 7.95. The van der Waals surface area contributed by atoms with Gasteiger partial charge < -0.3 is 10.5 Å². The lowest BCUT2D eigenvalue weighted by Gasteiger charge is -2.39. The number of rotatable bonds is 2. The highest BCUT2D eigenvalue weighted by Crippen LogP contribution is 2.20. The van der Waals surface area contributed by atoms with Crippen LogP contribution >= 0.6 is 0 Å². The van der Waals surface area contributed by atoms with Crippen LogP contribution in [0.15, 0.2) is 0 Å². The van der Waals surface area contributed by atoms with Gasteiger partial charge in [0, 0.05) is 32.2 Å². The zero-order valence-electron chi connectivity index (χ0n) is 11.1. The Balaban J connectivity index is 2.09. The van der Waals surface area contributed by atoms with E-state index in [1.165, 1.54) is 8.61 Å². The summed E-state index contributed by atoms with van der Waals surface area (Å²) >= 11 is 0. The van der Waals surface area contributed by atoms with Gasteiger partial charge in [0.05, 0.1) is 12.2 Å². The predicted molar refractivity (Wildman–Crippen MR) is 69.3 cm³/mol. The molecule has 0 bridgehead atoms. The Hall–Kier alpha value is -0.210. The van der Waals surface area contributed by atoms with Crippen molar-refractivity contribution in [2.24, 2.45) is 5.73 Å². The SMILES string of the molecule is CC1CN(S(=O)(=O)N2CCCC(N)C2)CC(C)O1. The topological polar surface area (TPSA) is 75.9 Å². The smallest absolute Gasteiger partial charge is 0.282 e. The minimum atomic E-state index is -3.38. The Bertz CT molecular complexity index is 377. The van der Waals surface area contributed by atoms with Gasteiger partial charge in [0.25, 0.3) is 10.2 Å². The molecule has 0 aromatic carbocycles. The molecule has 3 atom stereocenters. The first kappa shape index (κ1) is 14.2. The quantitative estimate of drug-likeness (QED) is 0.756. The van der Waals surface area contributed by atoms with Crippen LogP contribution in [-0.4, -0.2) is 61.5 Å². The summed E-state index contributed by atoms with van der Waals surface area (Å²) < 4.78 is 33.7. The number of hydrogen-bond donors (Lipinski definition) is 1. The van der Waals surface area contributed by atoms with Crippen molar-refractivity contribution in [2.75, 3.05) is 26.2 Å². The number of hydrogen-bond acceptors (Lipinski definition) is 4. The Kier molecular flexibility index (Phi) is 4.28. The molecule has 7 heteroatoms. The molecule has 0 amide bonds. The van der Waals surface area contributed by atoms with Crippen LogP contribution in [0.3, 0.4) is 0 Å². The Morgan fingerprint density at radius 3 is 2.28 bits per heavy atom. The van der Waals surface area contributed by atoms with Gasteiger partial charge in [0.1, 0.15) is 0 Å². The maximum atomic E-state index is 12.5. The van der Waals surface area contributed by atoms with Crippen LogP contribution < -0.4 is 5.73 Å². The summed E-state index contributed by atoms with van der Waals surface area (Å²) in [7, 11) is -3.38. The van der Waals surface area contributed by atoms with Crippen LogP contribution in [0.1, 0.15) is 26.7 Å². The normalized spacial score (nSPS) is 36.7. The minimum Gasteiger partial charge on any atom is -0.373 e. The lowest BCUT2D eigenvalue weighted by atomic mass is 10.1. The van der Waals surface area contributed by atoms with Crippen LogP contribution in [0.5, 0.6) is 0 Å². The fourth-order valence-electron chi connectivity index (χ4n) is 2.67. The van der Waals surface area contributed by atoms with Gasteiger partial charge in [-0.3, -0.25) is 0 Å². The molecule has 2 aliphatic heterocycles.